The van der Waals surface area contributed by atoms with Crippen LogP contribution >= 0.6 is 0 Å². The quantitative estimate of drug-likeness (QED) is 0.262. The molecule has 168 valence electrons. The van der Waals surface area contributed by atoms with Gasteiger partial charge < -0.3 is 21.2 Å². The van der Waals surface area contributed by atoms with Gasteiger partial charge in [0.25, 0.3) is 5.91 Å². The van der Waals surface area contributed by atoms with Crippen LogP contribution in [0.4, 0.5) is 17.3 Å². The number of anilines is 3. The monoisotopic (exact) mass is 451 g/mol. The van der Waals surface area contributed by atoms with Crippen LogP contribution in [0, 0.1) is 0 Å². The zero-order chi connectivity index (χ0) is 23.7. The minimum absolute atomic E-state index is 0.125. The molecule has 2 aromatic carbocycles. The predicted molar refractivity (Wildman–Crippen MR) is 131 cm³/mol. The predicted octanol–water partition coefficient (Wildman–Crippen LogP) is 3.95. The molecule has 34 heavy (non-hydrogen) atoms. The summed E-state index contributed by atoms with van der Waals surface area (Å²) in [5, 5.41) is 8.01. The second-order valence-electron chi connectivity index (χ2n) is 7.67. The van der Waals surface area contributed by atoms with E-state index in [4.69, 9.17) is 15.9 Å². The molecule has 1 amide bonds. The Hall–Kier alpha value is -4.92. The van der Waals surface area contributed by atoms with Crippen LogP contribution in [0.15, 0.2) is 84.1 Å². The Labute approximate surface area is 194 Å². The van der Waals surface area contributed by atoms with Gasteiger partial charge in [0, 0.05) is 5.57 Å². The summed E-state index contributed by atoms with van der Waals surface area (Å²) in [6, 6.07) is 18.2. The number of nitrogen functional groups attached to an aromatic ring is 2. The second-order valence-corrected chi connectivity index (χ2v) is 7.67. The molecule has 5 rings (SSSR count). The Morgan fingerprint density at radius 3 is 2.71 bits per heavy atom. The lowest BCUT2D eigenvalue weighted by Gasteiger charge is -2.11. The molecule has 0 fully saturated rings. The van der Waals surface area contributed by atoms with Gasteiger partial charge in [-0.3, -0.25) is 4.79 Å². The molecule has 0 aliphatic carbocycles. The van der Waals surface area contributed by atoms with Gasteiger partial charge in [-0.25, -0.2) is 9.67 Å². The van der Waals surface area contributed by atoms with Crippen molar-refractivity contribution >= 4 is 39.8 Å². The number of nitrogens with zero attached hydrogens (tertiary/aromatic N) is 4. The number of aromatic nitrogens is 4. The van der Waals surface area contributed by atoms with Crippen molar-refractivity contribution in [1.82, 2.24) is 19.7 Å². The van der Waals surface area contributed by atoms with Crippen molar-refractivity contribution in [3.05, 3.63) is 90.8 Å². The maximum Gasteiger partial charge on any atom is 0.255 e. The minimum atomic E-state index is -0.330. The van der Waals surface area contributed by atoms with Gasteiger partial charge in [-0.2, -0.15) is 10.1 Å². The standard InChI is InChI=1S/C25H21N7O2/c1-15(24(33)29-20-9-3-2-8-19(20)26)17-7-4-6-16(12-17)14-32-23-18(13-28-32)22(30-25(27)31-23)21-10-5-11-34-21/h2-13H,1,14,26H2,(H,29,33)(H2,27,30,31). The number of para-hydroxylation sites is 2. The highest BCUT2D eigenvalue weighted by Gasteiger charge is 2.16. The second kappa shape index (κ2) is 8.55. The van der Waals surface area contributed by atoms with Crippen LogP contribution in [0.25, 0.3) is 28.1 Å². The number of benzene rings is 2. The highest BCUT2D eigenvalue weighted by molar-refractivity contribution is 6.25. The van der Waals surface area contributed by atoms with Crippen molar-refractivity contribution in [2.45, 2.75) is 6.54 Å². The van der Waals surface area contributed by atoms with E-state index >= 15 is 0 Å². The smallest absolute Gasteiger partial charge is 0.255 e. The van der Waals surface area contributed by atoms with E-state index in [0.717, 1.165) is 10.9 Å². The van der Waals surface area contributed by atoms with E-state index in [1.807, 2.05) is 30.3 Å². The molecule has 0 atom stereocenters. The van der Waals surface area contributed by atoms with Crippen LogP contribution in [0.2, 0.25) is 0 Å². The van der Waals surface area contributed by atoms with Crippen LogP contribution in [-0.2, 0) is 11.3 Å². The molecule has 3 heterocycles. The fraction of sp³-hybridized carbons (Fsp3) is 0.0400. The van der Waals surface area contributed by atoms with E-state index in [-0.39, 0.29) is 11.9 Å². The summed E-state index contributed by atoms with van der Waals surface area (Å²) in [7, 11) is 0. The fourth-order valence-corrected chi connectivity index (χ4v) is 3.66. The van der Waals surface area contributed by atoms with E-state index < -0.39 is 0 Å². The van der Waals surface area contributed by atoms with Crippen LogP contribution in [0.1, 0.15) is 11.1 Å². The molecule has 0 aliphatic heterocycles. The Morgan fingerprint density at radius 2 is 1.91 bits per heavy atom. The Bertz CT molecular complexity index is 1520. The number of rotatable bonds is 6. The lowest BCUT2D eigenvalue weighted by molar-refractivity contribution is -0.111. The van der Waals surface area contributed by atoms with E-state index in [9.17, 15) is 4.79 Å². The average molecular weight is 451 g/mol. The van der Waals surface area contributed by atoms with Gasteiger partial charge in [0.2, 0.25) is 5.95 Å². The average Bonchev–Trinajstić information content (AvgIpc) is 3.51. The molecule has 0 unspecified atom stereocenters. The first kappa shape index (κ1) is 21.0. The molecular formula is C25H21N7O2. The van der Waals surface area contributed by atoms with E-state index in [0.29, 0.717) is 46.2 Å². The molecule has 5 aromatic rings. The summed E-state index contributed by atoms with van der Waals surface area (Å²) in [6.07, 6.45) is 3.26. The number of fused-ring (bicyclic) bond motifs is 1. The molecule has 0 saturated heterocycles. The van der Waals surface area contributed by atoms with Crippen molar-refractivity contribution in [3.63, 3.8) is 0 Å². The van der Waals surface area contributed by atoms with Crippen molar-refractivity contribution in [1.29, 1.82) is 0 Å². The third-order valence-electron chi connectivity index (χ3n) is 5.36. The van der Waals surface area contributed by atoms with Crippen molar-refractivity contribution < 1.29 is 9.21 Å². The third-order valence-corrected chi connectivity index (χ3v) is 5.36. The van der Waals surface area contributed by atoms with Gasteiger partial charge in [0.15, 0.2) is 11.4 Å². The number of carbonyl (C=O) groups excluding carboxylic acids is 1. The number of hydrogen-bond acceptors (Lipinski definition) is 7. The van der Waals surface area contributed by atoms with E-state index in [1.165, 1.54) is 0 Å². The highest BCUT2D eigenvalue weighted by atomic mass is 16.3. The molecule has 9 nitrogen and oxygen atoms in total. The number of amides is 1. The minimum Gasteiger partial charge on any atom is -0.463 e. The lowest BCUT2D eigenvalue weighted by Crippen LogP contribution is -2.14. The van der Waals surface area contributed by atoms with Crippen molar-refractivity contribution in [3.8, 4) is 11.5 Å². The van der Waals surface area contributed by atoms with Crippen LogP contribution in [-0.4, -0.2) is 25.7 Å². The molecule has 5 N–H and O–H groups in total. The summed E-state index contributed by atoms with van der Waals surface area (Å²) in [4.78, 5) is 21.4. The first-order valence-electron chi connectivity index (χ1n) is 10.5. The molecule has 9 heteroatoms. The number of nitrogens with one attached hydrogen (secondary N) is 1. The van der Waals surface area contributed by atoms with Gasteiger partial charge in [-0.05, 0) is 41.5 Å². The summed E-state index contributed by atoms with van der Waals surface area (Å²) in [6.45, 7) is 4.38. The molecule has 0 radical (unpaired) electrons. The summed E-state index contributed by atoms with van der Waals surface area (Å²) >= 11 is 0. The Morgan fingerprint density at radius 1 is 1.06 bits per heavy atom. The van der Waals surface area contributed by atoms with Gasteiger partial charge in [0.1, 0.15) is 5.69 Å². The number of nitrogens with two attached hydrogens (primary N) is 2. The highest BCUT2D eigenvalue weighted by Crippen LogP contribution is 2.27. The summed E-state index contributed by atoms with van der Waals surface area (Å²) < 4.78 is 7.21. The van der Waals surface area contributed by atoms with E-state index in [1.54, 1.807) is 47.5 Å². The topological polar surface area (TPSA) is 138 Å². The summed E-state index contributed by atoms with van der Waals surface area (Å²) in [5.74, 6) is 0.379. The Balaban J connectivity index is 1.41. The maximum atomic E-state index is 12.7. The lowest BCUT2D eigenvalue weighted by atomic mass is 10.0. The zero-order valence-corrected chi connectivity index (χ0v) is 18.1. The fourth-order valence-electron chi connectivity index (χ4n) is 3.66. The van der Waals surface area contributed by atoms with Crippen LogP contribution in [0.3, 0.4) is 0 Å². The van der Waals surface area contributed by atoms with Crippen LogP contribution in [0.5, 0.6) is 0 Å². The molecule has 0 aliphatic rings. The molecular weight excluding hydrogens is 430 g/mol. The van der Waals surface area contributed by atoms with Crippen molar-refractivity contribution in [2.75, 3.05) is 16.8 Å². The van der Waals surface area contributed by atoms with E-state index in [2.05, 4.69) is 27.0 Å². The third kappa shape index (κ3) is 3.97. The van der Waals surface area contributed by atoms with Gasteiger partial charge in [-0.1, -0.05) is 36.9 Å². The SMILES string of the molecule is C=C(C(=O)Nc1ccccc1N)c1cccc(Cn2ncc3c(-c4ccco4)nc(N)nc32)c1. The first-order valence-corrected chi connectivity index (χ1v) is 10.5. The zero-order valence-electron chi connectivity index (χ0n) is 18.1. The van der Waals surface area contributed by atoms with Gasteiger partial charge >= 0.3 is 0 Å². The molecule has 0 spiro atoms. The largest absolute Gasteiger partial charge is 0.463 e. The van der Waals surface area contributed by atoms with Crippen LogP contribution < -0.4 is 16.8 Å². The van der Waals surface area contributed by atoms with Gasteiger partial charge in [-0.15, -0.1) is 0 Å². The van der Waals surface area contributed by atoms with Gasteiger partial charge in [0.05, 0.1) is 35.8 Å². The first-order chi connectivity index (χ1) is 16.5. The Kier molecular flexibility index (Phi) is 5.27. The number of hydrogen-bond donors (Lipinski definition) is 3. The number of furan rings is 1. The summed E-state index contributed by atoms with van der Waals surface area (Å²) in [5.41, 5.74) is 16.0. The molecule has 0 bridgehead atoms. The molecule has 3 aromatic heterocycles. The normalized spacial score (nSPS) is 10.9. The number of carbonyl (C=O) groups is 1. The van der Waals surface area contributed by atoms with Crippen molar-refractivity contribution in [2.24, 2.45) is 0 Å². The maximum absolute atomic E-state index is 12.7. The molecule has 0 saturated carbocycles.